The van der Waals surface area contributed by atoms with Crippen molar-refractivity contribution < 1.29 is 74.6 Å². The number of alkyl halides is 17. The van der Waals surface area contributed by atoms with Gasteiger partial charge in [0.05, 0.1) is 0 Å². The highest BCUT2D eigenvalue weighted by atomic mass is 19.4. The average molecular weight is 670 g/mol. The van der Waals surface area contributed by atoms with Crippen LogP contribution in [0, 0.1) is 0 Å². The summed E-state index contributed by atoms with van der Waals surface area (Å²) in [6.45, 7) is 0. The molecule has 5 aromatic carbocycles. The Morgan fingerprint density at radius 1 is 0.311 bits per heavy atom. The highest BCUT2D eigenvalue weighted by Crippen LogP contribution is 2.65. The molecule has 0 saturated heterocycles. The largest absolute Gasteiger partial charge is 0.460 e. The summed E-state index contributed by atoms with van der Waals surface area (Å²) < 4.78 is 236. The molecule has 45 heavy (non-hydrogen) atoms. The van der Waals surface area contributed by atoms with Gasteiger partial charge in [0.2, 0.25) is 0 Å². The molecule has 0 N–H and O–H groups in total. The molecule has 0 fully saturated rings. The van der Waals surface area contributed by atoms with E-state index >= 15 is 8.78 Å². The van der Waals surface area contributed by atoms with E-state index in [0.717, 1.165) is 6.07 Å². The minimum atomic E-state index is -8.68. The van der Waals surface area contributed by atoms with Gasteiger partial charge in [-0.05, 0) is 43.1 Å². The second-order valence-electron chi connectivity index (χ2n) is 10.1. The van der Waals surface area contributed by atoms with Crippen molar-refractivity contribution in [3.8, 4) is 0 Å². The van der Waals surface area contributed by atoms with Crippen LogP contribution in [0.5, 0.6) is 0 Å². The maximum Gasteiger partial charge on any atom is 0.460 e. The van der Waals surface area contributed by atoms with Gasteiger partial charge in [0.1, 0.15) is 0 Å². The van der Waals surface area contributed by atoms with E-state index in [0.29, 0.717) is 33.7 Å². The van der Waals surface area contributed by atoms with Crippen LogP contribution in [0.2, 0.25) is 0 Å². The van der Waals surface area contributed by atoms with Crippen molar-refractivity contribution in [2.75, 3.05) is 0 Å². The van der Waals surface area contributed by atoms with Crippen LogP contribution in [-0.4, -0.2) is 41.7 Å². The van der Waals surface area contributed by atoms with Gasteiger partial charge < -0.3 is 0 Å². The number of halogens is 17. The zero-order valence-corrected chi connectivity index (χ0v) is 21.3. The lowest BCUT2D eigenvalue weighted by molar-refractivity contribution is -0.462. The second-order valence-corrected chi connectivity index (χ2v) is 10.1. The SMILES string of the molecule is FC(F)(F)C(F)(F)C(F)(F)C(F)(F)C(F)(F)C(F)(F)C(F)(F)C(F)(F)c1ccc2c3cccc4cccc(c5cccc1c52)c43. The van der Waals surface area contributed by atoms with Crippen LogP contribution < -0.4 is 0 Å². The van der Waals surface area contributed by atoms with Crippen LogP contribution in [0.3, 0.4) is 0 Å². The molecular weight excluding hydrogens is 659 g/mol. The van der Waals surface area contributed by atoms with E-state index in [1.54, 1.807) is 12.1 Å². The lowest BCUT2D eigenvalue weighted by Gasteiger charge is -2.43. The molecule has 5 aromatic rings. The van der Waals surface area contributed by atoms with E-state index in [1.165, 1.54) is 30.3 Å². The Morgan fingerprint density at radius 2 is 0.667 bits per heavy atom. The highest BCUT2D eigenvalue weighted by molar-refractivity contribution is 6.33. The maximum absolute atomic E-state index is 15.4. The number of hydrogen-bond acceptors (Lipinski definition) is 0. The maximum atomic E-state index is 15.4. The molecule has 0 unspecified atom stereocenters. The van der Waals surface area contributed by atoms with E-state index in [4.69, 9.17) is 0 Å². The zero-order valence-electron chi connectivity index (χ0n) is 21.3. The van der Waals surface area contributed by atoms with Gasteiger partial charge in [-0.1, -0.05) is 66.7 Å². The van der Waals surface area contributed by atoms with E-state index in [1.807, 2.05) is 0 Å². The van der Waals surface area contributed by atoms with Gasteiger partial charge in [0, 0.05) is 5.56 Å². The van der Waals surface area contributed by atoms with Crippen LogP contribution >= 0.6 is 0 Å². The molecule has 0 aliphatic carbocycles. The normalized spacial score (nSPS) is 15.2. The zero-order chi connectivity index (χ0) is 34.0. The smallest absolute Gasteiger partial charge is 0.194 e. The molecule has 5 rings (SSSR count). The summed E-state index contributed by atoms with van der Waals surface area (Å²) in [4.78, 5) is 0. The summed E-state index contributed by atoms with van der Waals surface area (Å²) in [7, 11) is 0. The van der Waals surface area contributed by atoms with Gasteiger partial charge in [-0.25, -0.2) is 0 Å². The second kappa shape index (κ2) is 9.15. The molecular formula is C28H11F17. The molecule has 0 aromatic heterocycles. The summed E-state index contributed by atoms with van der Waals surface area (Å²) in [6.07, 6.45) is -7.80. The number of rotatable bonds is 7. The molecule has 0 aliphatic heterocycles. The standard InChI is InChI=1S/C28H11F17/c29-21(30,22(31,32)23(33,34)24(35,36)25(37,38)26(39,40)27(41,42)28(43,44)45)18-11-10-16-14-7-2-5-12-4-1-6-13(19(12)14)15-8-3-9-17(18)20(15)16/h1-11H. The van der Waals surface area contributed by atoms with Gasteiger partial charge in [-0.2, -0.15) is 74.6 Å². The van der Waals surface area contributed by atoms with Crippen LogP contribution in [0.25, 0.3) is 43.1 Å². The first-order valence-corrected chi connectivity index (χ1v) is 12.1. The lowest BCUT2D eigenvalue weighted by atomic mass is 9.83. The fourth-order valence-corrected chi connectivity index (χ4v) is 5.25. The minimum absolute atomic E-state index is 0.0467. The molecule has 0 amide bonds. The number of fused-ring (bicyclic) bond motifs is 2. The Balaban J connectivity index is 1.73. The van der Waals surface area contributed by atoms with Crippen molar-refractivity contribution in [1.82, 2.24) is 0 Å². The summed E-state index contributed by atoms with van der Waals surface area (Å²) in [5.74, 6) is -56.9. The third-order valence-electron chi connectivity index (χ3n) is 7.59. The third kappa shape index (κ3) is 3.81. The minimum Gasteiger partial charge on any atom is -0.194 e. The topological polar surface area (TPSA) is 0 Å². The number of benzene rings is 5. The Morgan fingerprint density at radius 3 is 1.13 bits per heavy atom. The monoisotopic (exact) mass is 670 g/mol. The first-order valence-electron chi connectivity index (χ1n) is 12.1. The quantitative estimate of drug-likeness (QED) is 0.0919. The molecule has 0 spiro atoms. The van der Waals surface area contributed by atoms with Crippen LogP contribution in [-0.2, 0) is 5.92 Å². The van der Waals surface area contributed by atoms with Gasteiger partial charge in [-0.15, -0.1) is 0 Å². The summed E-state index contributed by atoms with van der Waals surface area (Å²) in [6, 6.07) is 12.9. The van der Waals surface area contributed by atoms with Gasteiger partial charge in [0.15, 0.2) is 0 Å². The van der Waals surface area contributed by atoms with Crippen LogP contribution in [0.4, 0.5) is 74.6 Å². The van der Waals surface area contributed by atoms with E-state index < -0.39 is 58.6 Å². The Hall–Kier alpha value is -3.79. The fraction of sp³-hybridized carbons (Fsp3) is 0.286. The Labute approximate surface area is 238 Å². The summed E-state index contributed by atoms with van der Waals surface area (Å²) in [5.41, 5.74) is -2.20. The van der Waals surface area contributed by atoms with E-state index in [2.05, 4.69) is 0 Å². The molecule has 0 nitrogen and oxygen atoms in total. The molecule has 0 radical (unpaired) electrons. The predicted octanol–water partition coefficient (Wildman–Crippen LogP) is 11.2. The van der Waals surface area contributed by atoms with Gasteiger partial charge >= 0.3 is 47.6 Å². The molecule has 0 heterocycles. The molecule has 0 bridgehead atoms. The number of hydrogen-bond donors (Lipinski definition) is 0. The highest BCUT2D eigenvalue weighted by Gasteiger charge is 2.95. The average Bonchev–Trinajstić information content (AvgIpc) is 2.94. The van der Waals surface area contributed by atoms with Crippen molar-refractivity contribution >= 4 is 43.1 Å². The van der Waals surface area contributed by atoms with E-state index in [9.17, 15) is 65.9 Å². The van der Waals surface area contributed by atoms with Crippen molar-refractivity contribution in [1.29, 1.82) is 0 Å². The molecule has 0 atom stereocenters. The first kappa shape index (κ1) is 32.6. The van der Waals surface area contributed by atoms with Crippen LogP contribution in [0.1, 0.15) is 5.56 Å². The summed E-state index contributed by atoms with van der Waals surface area (Å²) in [5, 5.41) is 0.542. The fourth-order valence-electron chi connectivity index (χ4n) is 5.25. The van der Waals surface area contributed by atoms with Gasteiger partial charge in [0.25, 0.3) is 0 Å². The van der Waals surface area contributed by atoms with E-state index in [-0.39, 0.29) is 22.2 Å². The molecule has 242 valence electrons. The summed E-state index contributed by atoms with van der Waals surface area (Å²) >= 11 is 0. The van der Waals surface area contributed by atoms with Crippen molar-refractivity contribution in [3.63, 3.8) is 0 Å². The molecule has 0 saturated carbocycles. The van der Waals surface area contributed by atoms with Crippen molar-refractivity contribution in [3.05, 3.63) is 72.3 Å². The third-order valence-corrected chi connectivity index (χ3v) is 7.59. The van der Waals surface area contributed by atoms with Gasteiger partial charge in [-0.3, -0.25) is 0 Å². The van der Waals surface area contributed by atoms with Crippen molar-refractivity contribution in [2.24, 2.45) is 0 Å². The predicted molar refractivity (Wildman–Crippen MR) is 127 cm³/mol. The van der Waals surface area contributed by atoms with Crippen molar-refractivity contribution in [2.45, 2.75) is 47.6 Å². The molecule has 0 aliphatic rings. The lowest BCUT2D eigenvalue weighted by Crippen LogP contribution is -2.74. The first-order chi connectivity index (χ1) is 20.3. The van der Waals surface area contributed by atoms with Crippen LogP contribution in [0.15, 0.2) is 66.7 Å². The Bertz CT molecular complexity index is 1880. The molecule has 17 heteroatoms. The Kier molecular flexibility index (Phi) is 6.63.